The topological polar surface area (TPSA) is 61.8 Å². The first-order chi connectivity index (χ1) is 12.2. The Morgan fingerprint density at radius 2 is 0.840 bits per heavy atom. The number of unbranched alkanes of at least 4 members (excludes halogenated alkanes) is 12. The molecule has 0 saturated carbocycles. The molecule has 0 unspecified atom stereocenters. The molecular formula is C20H38O5. The van der Waals surface area contributed by atoms with Crippen LogP contribution in [0.5, 0.6) is 0 Å². The van der Waals surface area contributed by atoms with Gasteiger partial charge in [-0.05, 0) is 12.8 Å². The second kappa shape index (κ2) is 19.2. The molecule has 0 bridgehead atoms. The van der Waals surface area contributed by atoms with E-state index < -0.39 is 11.9 Å². The van der Waals surface area contributed by atoms with E-state index in [1.54, 1.807) is 0 Å². The van der Waals surface area contributed by atoms with Crippen molar-refractivity contribution in [3.8, 4) is 0 Å². The summed E-state index contributed by atoms with van der Waals surface area (Å²) < 4.78 is 0. The van der Waals surface area contributed by atoms with Gasteiger partial charge < -0.3 is 0 Å². The third-order valence-electron chi connectivity index (χ3n) is 4.22. The van der Waals surface area contributed by atoms with Crippen LogP contribution in [0.25, 0.3) is 0 Å². The van der Waals surface area contributed by atoms with E-state index in [0.29, 0.717) is 12.8 Å². The van der Waals surface area contributed by atoms with Crippen LogP contribution in [0.2, 0.25) is 0 Å². The fraction of sp³-hybridized carbons (Fsp3) is 0.900. The fourth-order valence-electron chi connectivity index (χ4n) is 2.63. The van der Waals surface area contributed by atoms with Crippen LogP contribution in [0.15, 0.2) is 0 Å². The zero-order chi connectivity index (χ0) is 18.6. The lowest BCUT2D eigenvalue weighted by Crippen LogP contribution is -2.10. The summed E-state index contributed by atoms with van der Waals surface area (Å²) in [5.41, 5.74) is 0. The monoisotopic (exact) mass is 358 g/mol. The molecule has 5 heteroatoms. The molecule has 0 spiro atoms. The van der Waals surface area contributed by atoms with Crippen LogP contribution in [0, 0.1) is 0 Å². The Morgan fingerprint density at radius 3 is 1.20 bits per heavy atom. The summed E-state index contributed by atoms with van der Waals surface area (Å²) in [5, 5.41) is 4.28. The quantitative estimate of drug-likeness (QED) is 0.166. The number of hydrogen-bond donors (Lipinski definition) is 0. The Balaban J connectivity index is 3.32. The van der Waals surface area contributed by atoms with Crippen molar-refractivity contribution >= 4 is 11.9 Å². The van der Waals surface area contributed by atoms with Gasteiger partial charge in [0.2, 0.25) is 0 Å². The highest BCUT2D eigenvalue weighted by Crippen LogP contribution is 2.10. The van der Waals surface area contributed by atoms with Crippen LogP contribution in [-0.2, 0) is 24.4 Å². The summed E-state index contributed by atoms with van der Waals surface area (Å²) in [4.78, 5) is 31.7. The maximum Gasteiger partial charge on any atom is 0.346 e. The summed E-state index contributed by atoms with van der Waals surface area (Å²) >= 11 is 0. The molecule has 0 aliphatic rings. The van der Waals surface area contributed by atoms with Gasteiger partial charge in [0, 0.05) is 17.9 Å². The standard InChI is InChI=1S/C20H38O5/c1-3-5-7-9-11-13-15-17-19(21)23-25-24-20(22)18-16-14-12-10-8-6-4-2/h3-18H2,1-2H3. The van der Waals surface area contributed by atoms with E-state index >= 15 is 0 Å². The lowest BCUT2D eigenvalue weighted by molar-refractivity contribution is -0.459. The lowest BCUT2D eigenvalue weighted by atomic mass is 10.1. The number of rotatable bonds is 18. The first-order valence-corrected chi connectivity index (χ1v) is 10.3. The Morgan fingerprint density at radius 1 is 0.520 bits per heavy atom. The van der Waals surface area contributed by atoms with Crippen molar-refractivity contribution in [1.29, 1.82) is 0 Å². The molecule has 0 heterocycles. The summed E-state index contributed by atoms with van der Waals surface area (Å²) in [5.74, 6) is -0.977. The van der Waals surface area contributed by atoms with Crippen LogP contribution < -0.4 is 0 Å². The van der Waals surface area contributed by atoms with E-state index in [0.717, 1.165) is 38.5 Å². The molecular weight excluding hydrogens is 320 g/mol. The van der Waals surface area contributed by atoms with Gasteiger partial charge in [-0.15, -0.1) is 0 Å². The highest BCUT2D eigenvalue weighted by molar-refractivity contribution is 5.69. The first-order valence-electron chi connectivity index (χ1n) is 10.3. The zero-order valence-electron chi connectivity index (χ0n) is 16.4. The van der Waals surface area contributed by atoms with Gasteiger partial charge in [0.1, 0.15) is 0 Å². The fourth-order valence-corrected chi connectivity index (χ4v) is 2.63. The van der Waals surface area contributed by atoms with E-state index in [9.17, 15) is 9.59 Å². The molecule has 0 aliphatic carbocycles. The van der Waals surface area contributed by atoms with Gasteiger partial charge in [0.25, 0.3) is 0 Å². The molecule has 0 N–H and O–H groups in total. The second-order valence-electron chi connectivity index (χ2n) is 6.72. The molecule has 0 rings (SSSR count). The lowest BCUT2D eigenvalue weighted by Gasteiger charge is -2.03. The van der Waals surface area contributed by atoms with Crippen LogP contribution in [-0.4, -0.2) is 11.9 Å². The van der Waals surface area contributed by atoms with Crippen molar-refractivity contribution in [3.05, 3.63) is 0 Å². The van der Waals surface area contributed by atoms with E-state index in [-0.39, 0.29) is 0 Å². The summed E-state index contributed by atoms with van der Waals surface area (Å²) in [6.07, 6.45) is 16.4. The Kier molecular flexibility index (Phi) is 18.4. The molecule has 0 fully saturated rings. The van der Waals surface area contributed by atoms with Gasteiger partial charge in [0.05, 0.1) is 0 Å². The summed E-state index contributed by atoms with van der Waals surface area (Å²) in [6, 6.07) is 0. The zero-order valence-corrected chi connectivity index (χ0v) is 16.4. The molecule has 0 atom stereocenters. The van der Waals surface area contributed by atoms with Crippen molar-refractivity contribution in [3.63, 3.8) is 0 Å². The predicted molar refractivity (Wildman–Crippen MR) is 98.5 cm³/mol. The van der Waals surface area contributed by atoms with E-state index in [1.807, 2.05) is 0 Å². The van der Waals surface area contributed by atoms with Gasteiger partial charge >= 0.3 is 11.9 Å². The number of hydrogen-bond acceptors (Lipinski definition) is 5. The van der Waals surface area contributed by atoms with Gasteiger partial charge in [-0.3, -0.25) is 9.78 Å². The molecule has 0 amide bonds. The van der Waals surface area contributed by atoms with E-state index in [1.165, 1.54) is 51.4 Å². The van der Waals surface area contributed by atoms with Crippen LogP contribution >= 0.6 is 0 Å². The Bertz CT molecular complexity index is 287. The minimum atomic E-state index is -0.489. The second-order valence-corrected chi connectivity index (χ2v) is 6.72. The normalized spacial score (nSPS) is 10.6. The van der Waals surface area contributed by atoms with Gasteiger partial charge in [-0.2, -0.15) is 0 Å². The molecule has 25 heavy (non-hydrogen) atoms. The largest absolute Gasteiger partial charge is 0.346 e. The third-order valence-corrected chi connectivity index (χ3v) is 4.22. The number of carbonyl (C=O) groups is 2. The molecule has 0 saturated heterocycles. The van der Waals surface area contributed by atoms with Crippen LogP contribution in [0.1, 0.15) is 117 Å². The van der Waals surface area contributed by atoms with Crippen molar-refractivity contribution in [1.82, 2.24) is 0 Å². The maximum absolute atomic E-state index is 11.4. The van der Waals surface area contributed by atoms with Crippen molar-refractivity contribution in [2.45, 2.75) is 117 Å². The van der Waals surface area contributed by atoms with Gasteiger partial charge in [-0.25, -0.2) is 9.59 Å². The summed E-state index contributed by atoms with van der Waals surface area (Å²) in [6.45, 7) is 4.38. The van der Waals surface area contributed by atoms with Crippen LogP contribution in [0.4, 0.5) is 0 Å². The van der Waals surface area contributed by atoms with Crippen molar-refractivity contribution in [2.24, 2.45) is 0 Å². The minimum Gasteiger partial charge on any atom is -0.260 e. The average Bonchev–Trinajstić information content (AvgIpc) is 2.60. The van der Waals surface area contributed by atoms with E-state index in [2.05, 4.69) is 28.7 Å². The van der Waals surface area contributed by atoms with E-state index in [4.69, 9.17) is 0 Å². The highest BCUT2D eigenvalue weighted by atomic mass is 17.5. The molecule has 0 aromatic rings. The third kappa shape index (κ3) is 19.1. The molecule has 0 aliphatic heterocycles. The number of carbonyl (C=O) groups excluding carboxylic acids is 2. The smallest absolute Gasteiger partial charge is 0.260 e. The average molecular weight is 359 g/mol. The first kappa shape index (κ1) is 23.9. The van der Waals surface area contributed by atoms with Crippen molar-refractivity contribution in [2.75, 3.05) is 0 Å². The Labute approximate surface area is 153 Å². The molecule has 0 aromatic heterocycles. The van der Waals surface area contributed by atoms with Gasteiger partial charge in [-0.1, -0.05) is 90.9 Å². The predicted octanol–water partition coefficient (Wildman–Crippen LogP) is 6.20. The molecule has 0 aromatic carbocycles. The Hall–Kier alpha value is -1.10. The SMILES string of the molecule is CCCCCCCCCC(=O)OOOC(=O)CCCCCCCCC. The molecule has 0 radical (unpaired) electrons. The molecule has 5 nitrogen and oxygen atoms in total. The van der Waals surface area contributed by atoms with Crippen LogP contribution in [0.3, 0.4) is 0 Å². The van der Waals surface area contributed by atoms with Gasteiger partial charge in [0.15, 0.2) is 0 Å². The maximum atomic E-state index is 11.4. The minimum absolute atomic E-state index is 0.295. The highest BCUT2D eigenvalue weighted by Gasteiger charge is 2.08. The van der Waals surface area contributed by atoms with Crippen molar-refractivity contribution < 1.29 is 24.4 Å². The molecule has 148 valence electrons. The summed E-state index contributed by atoms with van der Waals surface area (Å²) in [7, 11) is 0.